The largest absolute Gasteiger partial charge is 0.493 e. The Hall–Kier alpha value is -1.05. The van der Waals surface area contributed by atoms with E-state index in [2.05, 4.69) is 45.7 Å². The van der Waals surface area contributed by atoms with Crippen LogP contribution in [0.3, 0.4) is 0 Å². The number of hydrogen-bond donors (Lipinski definition) is 0. The third kappa shape index (κ3) is 3.53. The Morgan fingerprint density at radius 2 is 1.90 bits per heavy atom. The zero-order valence-corrected chi connectivity index (χ0v) is 13.6. The lowest BCUT2D eigenvalue weighted by atomic mass is 9.81. The van der Waals surface area contributed by atoms with E-state index in [9.17, 15) is 0 Å². The predicted octanol–water partition coefficient (Wildman–Crippen LogP) is 5.14. The molecule has 2 rings (SSSR count). The highest BCUT2D eigenvalue weighted by Gasteiger charge is 2.26. The van der Waals surface area contributed by atoms with Gasteiger partial charge in [-0.1, -0.05) is 34.6 Å². The highest BCUT2D eigenvalue weighted by atomic mass is 16.5. The molecule has 0 aromatic carbocycles. The first kappa shape index (κ1) is 15.3. The molecule has 1 aliphatic rings. The third-order valence-corrected chi connectivity index (χ3v) is 4.37. The molecule has 0 spiro atoms. The third-order valence-electron chi connectivity index (χ3n) is 4.37. The van der Waals surface area contributed by atoms with Crippen LogP contribution in [0.25, 0.3) is 0 Å². The van der Waals surface area contributed by atoms with E-state index in [0.29, 0.717) is 17.8 Å². The number of rotatable bonds is 5. The molecule has 0 fully saturated rings. The van der Waals surface area contributed by atoms with Crippen molar-refractivity contribution in [3.05, 3.63) is 23.5 Å². The monoisotopic (exact) mass is 275 g/mol. The van der Waals surface area contributed by atoms with Gasteiger partial charge in [-0.2, -0.15) is 0 Å². The summed E-state index contributed by atoms with van der Waals surface area (Å²) in [4.78, 5) is 4.61. The van der Waals surface area contributed by atoms with E-state index in [0.717, 1.165) is 18.3 Å². The number of ether oxygens (including phenoxy) is 1. The maximum absolute atomic E-state index is 6.15. The molecular formula is C18H29NO. The summed E-state index contributed by atoms with van der Waals surface area (Å²) in [5.41, 5.74) is 2.63. The van der Waals surface area contributed by atoms with Crippen molar-refractivity contribution in [1.82, 2.24) is 4.98 Å². The van der Waals surface area contributed by atoms with Gasteiger partial charge in [-0.25, -0.2) is 0 Å². The Labute approximate surface area is 124 Å². The van der Waals surface area contributed by atoms with Crippen LogP contribution in [0.1, 0.15) is 77.0 Å². The summed E-state index contributed by atoms with van der Waals surface area (Å²) in [7, 11) is 0. The first-order chi connectivity index (χ1) is 9.49. The Morgan fingerprint density at radius 3 is 2.60 bits per heavy atom. The zero-order chi connectivity index (χ0) is 14.7. The lowest BCUT2D eigenvalue weighted by Gasteiger charge is -2.28. The summed E-state index contributed by atoms with van der Waals surface area (Å²) in [6.45, 7) is 12.2. The molecule has 0 bridgehead atoms. The number of fused-ring (bicyclic) bond motifs is 1. The molecule has 0 amide bonds. The van der Waals surface area contributed by atoms with Crippen LogP contribution in [0.5, 0.6) is 5.75 Å². The van der Waals surface area contributed by atoms with Crippen molar-refractivity contribution < 1.29 is 4.74 Å². The minimum atomic E-state index is 0.567. The van der Waals surface area contributed by atoms with Gasteiger partial charge in [0.1, 0.15) is 5.75 Å². The molecule has 0 saturated heterocycles. The Balaban J connectivity index is 2.11. The second-order valence-electron chi connectivity index (χ2n) is 7.03. The molecule has 0 radical (unpaired) electrons. The molecule has 0 N–H and O–H groups in total. The van der Waals surface area contributed by atoms with Crippen molar-refractivity contribution in [1.29, 1.82) is 0 Å². The summed E-state index contributed by atoms with van der Waals surface area (Å²) in [5.74, 6) is 3.56. The maximum atomic E-state index is 6.15. The molecule has 1 aromatic rings. The fourth-order valence-electron chi connectivity index (χ4n) is 3.37. The SMILES string of the molecule is CC(C)C[C@@H](C)COc1ccnc2c1[C@H](C)CC[C@H]2C. The van der Waals surface area contributed by atoms with E-state index in [1.165, 1.54) is 30.5 Å². The molecule has 3 atom stereocenters. The lowest BCUT2D eigenvalue weighted by Crippen LogP contribution is -2.17. The topological polar surface area (TPSA) is 22.1 Å². The van der Waals surface area contributed by atoms with Gasteiger partial charge in [0.25, 0.3) is 0 Å². The summed E-state index contributed by atoms with van der Waals surface area (Å²) >= 11 is 0. The van der Waals surface area contributed by atoms with Gasteiger partial charge in [0.15, 0.2) is 0 Å². The highest BCUT2D eigenvalue weighted by Crippen LogP contribution is 2.41. The van der Waals surface area contributed by atoms with E-state index in [1.807, 2.05) is 6.20 Å². The molecule has 0 aliphatic heterocycles. The number of aromatic nitrogens is 1. The van der Waals surface area contributed by atoms with Crippen LogP contribution in [-0.4, -0.2) is 11.6 Å². The first-order valence-corrected chi connectivity index (χ1v) is 8.10. The summed E-state index contributed by atoms with van der Waals surface area (Å²) in [6.07, 6.45) is 5.63. The minimum absolute atomic E-state index is 0.567. The van der Waals surface area contributed by atoms with E-state index in [-0.39, 0.29) is 0 Å². The number of pyridine rings is 1. The van der Waals surface area contributed by atoms with Crippen molar-refractivity contribution >= 4 is 0 Å². The van der Waals surface area contributed by atoms with E-state index >= 15 is 0 Å². The van der Waals surface area contributed by atoms with E-state index in [1.54, 1.807) is 0 Å². The van der Waals surface area contributed by atoms with Crippen molar-refractivity contribution in [3.63, 3.8) is 0 Å². The van der Waals surface area contributed by atoms with Crippen molar-refractivity contribution in [2.24, 2.45) is 11.8 Å². The molecule has 0 saturated carbocycles. The Morgan fingerprint density at radius 1 is 1.20 bits per heavy atom. The van der Waals surface area contributed by atoms with Gasteiger partial charge in [0, 0.05) is 11.8 Å². The lowest BCUT2D eigenvalue weighted by molar-refractivity contribution is 0.234. The van der Waals surface area contributed by atoms with Crippen molar-refractivity contribution in [3.8, 4) is 5.75 Å². The zero-order valence-electron chi connectivity index (χ0n) is 13.6. The molecule has 1 heterocycles. The normalized spacial score (nSPS) is 23.5. The maximum Gasteiger partial charge on any atom is 0.126 e. The van der Waals surface area contributed by atoms with Crippen LogP contribution in [0, 0.1) is 11.8 Å². The van der Waals surface area contributed by atoms with Gasteiger partial charge in [-0.15, -0.1) is 0 Å². The average Bonchev–Trinajstić information content (AvgIpc) is 2.40. The Kier molecular flexibility index (Phi) is 5.06. The number of hydrogen-bond acceptors (Lipinski definition) is 2. The fourth-order valence-corrected chi connectivity index (χ4v) is 3.37. The van der Waals surface area contributed by atoms with E-state index in [4.69, 9.17) is 4.74 Å². The highest BCUT2D eigenvalue weighted by molar-refractivity contribution is 5.41. The predicted molar refractivity (Wildman–Crippen MR) is 84.4 cm³/mol. The summed E-state index contributed by atoms with van der Waals surface area (Å²) in [6, 6.07) is 2.05. The molecule has 2 heteroatoms. The first-order valence-electron chi connectivity index (χ1n) is 8.10. The van der Waals surface area contributed by atoms with Gasteiger partial charge in [0.2, 0.25) is 0 Å². The van der Waals surface area contributed by atoms with Crippen LogP contribution in [0.4, 0.5) is 0 Å². The van der Waals surface area contributed by atoms with Gasteiger partial charge in [-0.05, 0) is 49.0 Å². The van der Waals surface area contributed by atoms with Gasteiger partial charge < -0.3 is 4.74 Å². The molecule has 2 nitrogen and oxygen atoms in total. The van der Waals surface area contributed by atoms with Crippen LogP contribution >= 0.6 is 0 Å². The van der Waals surface area contributed by atoms with Crippen molar-refractivity contribution in [2.75, 3.05) is 6.61 Å². The second-order valence-corrected chi connectivity index (χ2v) is 7.03. The minimum Gasteiger partial charge on any atom is -0.493 e. The van der Waals surface area contributed by atoms with Gasteiger partial charge in [0.05, 0.1) is 12.3 Å². The van der Waals surface area contributed by atoms with Crippen LogP contribution < -0.4 is 4.74 Å². The standard InChI is InChI=1S/C18H29NO/c1-12(2)10-13(3)11-20-16-8-9-19-18-15(5)7-6-14(4)17(16)18/h8-9,12-15H,6-7,10-11H2,1-5H3/t13-,14-,15-/m1/s1. The molecule has 112 valence electrons. The number of nitrogens with zero attached hydrogens (tertiary/aromatic N) is 1. The molecule has 1 aromatic heterocycles. The molecule has 0 unspecified atom stereocenters. The second kappa shape index (κ2) is 6.60. The van der Waals surface area contributed by atoms with Gasteiger partial charge >= 0.3 is 0 Å². The quantitative estimate of drug-likeness (QED) is 0.742. The molecular weight excluding hydrogens is 246 g/mol. The van der Waals surface area contributed by atoms with Crippen molar-refractivity contribution in [2.45, 2.75) is 65.7 Å². The smallest absolute Gasteiger partial charge is 0.126 e. The Bertz CT molecular complexity index is 441. The van der Waals surface area contributed by atoms with Gasteiger partial charge in [-0.3, -0.25) is 4.98 Å². The van der Waals surface area contributed by atoms with Crippen LogP contribution in [0.2, 0.25) is 0 Å². The van der Waals surface area contributed by atoms with Crippen LogP contribution in [0.15, 0.2) is 12.3 Å². The summed E-state index contributed by atoms with van der Waals surface area (Å²) in [5, 5.41) is 0. The van der Waals surface area contributed by atoms with Crippen LogP contribution in [-0.2, 0) is 0 Å². The summed E-state index contributed by atoms with van der Waals surface area (Å²) < 4.78 is 6.15. The average molecular weight is 275 g/mol. The van der Waals surface area contributed by atoms with E-state index < -0.39 is 0 Å². The fraction of sp³-hybridized carbons (Fsp3) is 0.722. The molecule has 20 heavy (non-hydrogen) atoms. The molecule has 1 aliphatic carbocycles.